The number of nitrogens with zero attached hydrogens (tertiary/aromatic N) is 2. The molecule has 0 saturated heterocycles. The van der Waals surface area contributed by atoms with E-state index in [-0.39, 0.29) is 5.56 Å². The number of hydrogen-bond acceptors (Lipinski definition) is 3. The first kappa shape index (κ1) is 13.7. The van der Waals surface area contributed by atoms with Crippen LogP contribution < -0.4 is 0 Å². The second-order valence-electron chi connectivity index (χ2n) is 4.12. The number of hydrogen-bond donors (Lipinski definition) is 1. The molecule has 1 N–H and O–H groups in total. The summed E-state index contributed by atoms with van der Waals surface area (Å²) in [7, 11) is 0. The normalized spacial score (nSPS) is 10.4. The summed E-state index contributed by atoms with van der Waals surface area (Å²) in [6.07, 6.45) is 2.86. The lowest BCUT2D eigenvalue weighted by molar-refractivity contribution is 0.0694. The molecule has 2 rings (SSSR count). The average molecular weight is 321 g/mol. The van der Waals surface area contributed by atoms with Crippen LogP contribution in [0.1, 0.15) is 29.4 Å². The summed E-state index contributed by atoms with van der Waals surface area (Å²) in [6, 6.07) is 7.62. The fourth-order valence-corrected chi connectivity index (χ4v) is 2.19. The second kappa shape index (κ2) is 5.93. The first-order valence-electron chi connectivity index (χ1n) is 5.97. The highest BCUT2D eigenvalue weighted by Gasteiger charge is 2.13. The molecule has 0 amide bonds. The third-order valence-electron chi connectivity index (χ3n) is 2.67. The molecule has 5 heteroatoms. The summed E-state index contributed by atoms with van der Waals surface area (Å²) in [5.41, 5.74) is 1.63. The van der Waals surface area contributed by atoms with Crippen LogP contribution in [0, 0.1) is 0 Å². The van der Waals surface area contributed by atoms with E-state index in [2.05, 4.69) is 25.9 Å². The van der Waals surface area contributed by atoms with E-state index < -0.39 is 5.97 Å². The molecule has 0 fully saturated rings. The molecule has 1 heterocycles. The van der Waals surface area contributed by atoms with Crippen molar-refractivity contribution in [1.82, 2.24) is 9.97 Å². The van der Waals surface area contributed by atoms with Gasteiger partial charge in [0.15, 0.2) is 5.82 Å². The summed E-state index contributed by atoms with van der Waals surface area (Å²) in [5, 5.41) is 9.11. The molecule has 1 aromatic carbocycles. The molecule has 0 aliphatic carbocycles. The molecule has 4 nitrogen and oxygen atoms in total. The number of aryl methyl sites for hydroxylation is 1. The number of rotatable bonds is 4. The number of carbonyl (C=O) groups is 1. The number of halogens is 1. The van der Waals surface area contributed by atoms with Crippen LogP contribution in [0.15, 0.2) is 34.9 Å². The lowest BCUT2D eigenvalue weighted by atomic mass is 10.1. The van der Waals surface area contributed by atoms with E-state index in [1.807, 2.05) is 31.2 Å². The smallest absolute Gasteiger partial charge is 0.339 e. The highest BCUT2D eigenvalue weighted by Crippen LogP contribution is 2.21. The Morgan fingerprint density at radius 2 is 2.21 bits per heavy atom. The van der Waals surface area contributed by atoms with E-state index in [1.165, 1.54) is 6.20 Å². The lowest BCUT2D eigenvalue weighted by Gasteiger charge is -2.07. The van der Waals surface area contributed by atoms with Crippen molar-refractivity contribution in [2.24, 2.45) is 0 Å². The molecule has 98 valence electrons. The van der Waals surface area contributed by atoms with Crippen molar-refractivity contribution in [1.29, 1.82) is 0 Å². The molecule has 0 spiro atoms. The third kappa shape index (κ3) is 3.17. The fraction of sp³-hybridized carbons (Fsp3) is 0.214. The molecule has 2 aromatic rings. The minimum absolute atomic E-state index is 0.181. The summed E-state index contributed by atoms with van der Waals surface area (Å²) in [6.45, 7) is 1.99. The van der Waals surface area contributed by atoms with Crippen molar-refractivity contribution in [3.05, 3.63) is 46.2 Å². The van der Waals surface area contributed by atoms with Gasteiger partial charge in [0.05, 0.1) is 11.3 Å². The van der Waals surface area contributed by atoms with Gasteiger partial charge >= 0.3 is 5.97 Å². The second-order valence-corrected chi connectivity index (χ2v) is 5.04. The van der Waals surface area contributed by atoms with E-state index in [1.54, 1.807) is 0 Å². The molecule has 0 atom stereocenters. The topological polar surface area (TPSA) is 63.1 Å². The van der Waals surface area contributed by atoms with E-state index in [9.17, 15) is 4.79 Å². The number of carboxylic acid groups (broad SMARTS) is 1. The van der Waals surface area contributed by atoms with Crippen LogP contribution >= 0.6 is 15.9 Å². The van der Waals surface area contributed by atoms with Crippen LogP contribution in [0.5, 0.6) is 0 Å². The van der Waals surface area contributed by atoms with Crippen molar-refractivity contribution in [2.75, 3.05) is 0 Å². The van der Waals surface area contributed by atoms with Crippen molar-refractivity contribution in [3.8, 4) is 11.4 Å². The predicted octanol–water partition coefficient (Wildman–Crippen LogP) is 3.56. The summed E-state index contributed by atoms with van der Waals surface area (Å²) in [5.74, 6) is -0.431. The molecule has 0 saturated carbocycles. The Hall–Kier alpha value is -1.75. The van der Waals surface area contributed by atoms with Gasteiger partial charge in [0.1, 0.15) is 0 Å². The maximum absolute atomic E-state index is 11.1. The Bertz CT molecular complexity index is 614. The highest BCUT2D eigenvalue weighted by atomic mass is 79.9. The standard InChI is InChI=1S/C14H13BrN2O2/c1-2-4-12-11(14(18)19)8-16-13(17-12)9-5-3-6-10(15)7-9/h3,5-8H,2,4H2,1H3,(H,18,19). The zero-order chi connectivity index (χ0) is 13.8. The largest absolute Gasteiger partial charge is 0.478 e. The average Bonchev–Trinajstić information content (AvgIpc) is 2.39. The minimum Gasteiger partial charge on any atom is -0.478 e. The third-order valence-corrected chi connectivity index (χ3v) is 3.16. The highest BCUT2D eigenvalue weighted by molar-refractivity contribution is 9.10. The van der Waals surface area contributed by atoms with Crippen LogP contribution in [0.25, 0.3) is 11.4 Å². The van der Waals surface area contributed by atoms with Crippen LogP contribution in [0.3, 0.4) is 0 Å². The van der Waals surface area contributed by atoms with Crippen molar-refractivity contribution >= 4 is 21.9 Å². The summed E-state index contributed by atoms with van der Waals surface area (Å²) >= 11 is 3.40. The van der Waals surface area contributed by atoms with Crippen LogP contribution in [-0.2, 0) is 6.42 Å². The summed E-state index contributed by atoms with van der Waals surface area (Å²) < 4.78 is 0.938. The quantitative estimate of drug-likeness (QED) is 0.935. The Kier molecular flexibility index (Phi) is 4.27. The van der Waals surface area contributed by atoms with Crippen molar-refractivity contribution in [3.63, 3.8) is 0 Å². The number of benzene rings is 1. The Morgan fingerprint density at radius 3 is 2.84 bits per heavy atom. The molecular weight excluding hydrogens is 308 g/mol. The van der Waals surface area contributed by atoms with Crippen molar-refractivity contribution < 1.29 is 9.90 Å². The Morgan fingerprint density at radius 1 is 1.42 bits per heavy atom. The van der Waals surface area contributed by atoms with Gasteiger partial charge in [-0.1, -0.05) is 41.4 Å². The molecular formula is C14H13BrN2O2. The Balaban J connectivity index is 2.48. The summed E-state index contributed by atoms with van der Waals surface area (Å²) in [4.78, 5) is 19.6. The molecule has 1 aromatic heterocycles. The van der Waals surface area contributed by atoms with E-state index in [4.69, 9.17) is 5.11 Å². The van der Waals surface area contributed by atoms with Crippen molar-refractivity contribution in [2.45, 2.75) is 19.8 Å². The van der Waals surface area contributed by atoms with Gasteiger partial charge in [0.25, 0.3) is 0 Å². The van der Waals surface area contributed by atoms with Crippen LogP contribution in [0.2, 0.25) is 0 Å². The molecule has 19 heavy (non-hydrogen) atoms. The monoisotopic (exact) mass is 320 g/mol. The zero-order valence-corrected chi connectivity index (χ0v) is 12.0. The maximum Gasteiger partial charge on any atom is 0.339 e. The number of aromatic carboxylic acids is 1. The number of aromatic nitrogens is 2. The molecule has 0 radical (unpaired) electrons. The van der Waals surface area contributed by atoms with Gasteiger partial charge in [-0.2, -0.15) is 0 Å². The maximum atomic E-state index is 11.1. The van der Waals surface area contributed by atoms with E-state index >= 15 is 0 Å². The van der Waals surface area contributed by atoms with Gasteiger partial charge < -0.3 is 5.11 Å². The van der Waals surface area contributed by atoms with Gasteiger partial charge in [-0.15, -0.1) is 0 Å². The fourth-order valence-electron chi connectivity index (χ4n) is 1.79. The van der Waals surface area contributed by atoms with E-state index in [0.717, 1.165) is 16.5 Å². The van der Waals surface area contributed by atoms with Gasteiger partial charge in [0.2, 0.25) is 0 Å². The first-order chi connectivity index (χ1) is 9.11. The van der Waals surface area contributed by atoms with Crippen LogP contribution in [0.4, 0.5) is 0 Å². The van der Waals surface area contributed by atoms with Crippen LogP contribution in [-0.4, -0.2) is 21.0 Å². The number of carboxylic acids is 1. The zero-order valence-electron chi connectivity index (χ0n) is 10.4. The van der Waals surface area contributed by atoms with Gasteiger partial charge in [-0.3, -0.25) is 0 Å². The predicted molar refractivity (Wildman–Crippen MR) is 76.1 cm³/mol. The minimum atomic E-state index is -0.982. The molecule has 0 aliphatic heterocycles. The molecule has 0 bridgehead atoms. The SMILES string of the molecule is CCCc1nc(-c2cccc(Br)c2)ncc1C(=O)O. The molecule has 0 unspecified atom stereocenters. The van der Waals surface area contributed by atoms with Gasteiger partial charge in [-0.25, -0.2) is 14.8 Å². The van der Waals surface area contributed by atoms with E-state index in [0.29, 0.717) is 17.9 Å². The molecule has 0 aliphatic rings. The Labute approximate surface area is 119 Å². The van der Waals surface area contributed by atoms with Gasteiger partial charge in [0, 0.05) is 16.2 Å². The lowest BCUT2D eigenvalue weighted by Crippen LogP contribution is -2.07. The van der Waals surface area contributed by atoms with Gasteiger partial charge in [-0.05, 0) is 18.6 Å². The first-order valence-corrected chi connectivity index (χ1v) is 6.76.